The molecule has 0 spiro atoms. The molecule has 0 saturated heterocycles. The third kappa shape index (κ3) is 4.56. The molecule has 2 fully saturated rings. The lowest BCUT2D eigenvalue weighted by molar-refractivity contribution is 0.0733. The Bertz CT molecular complexity index is 977. The highest BCUT2D eigenvalue weighted by Gasteiger charge is 2.37. The number of hydrogen-bond donors (Lipinski definition) is 0. The maximum Gasteiger partial charge on any atom is 0.343 e. The summed E-state index contributed by atoms with van der Waals surface area (Å²) in [5.41, 5.74) is 0.260. The molecule has 4 unspecified atom stereocenters. The van der Waals surface area contributed by atoms with Gasteiger partial charge in [-0.2, -0.15) is 0 Å². The molecule has 2 aliphatic rings. The topological polar surface area (TPSA) is 26.3 Å². The minimum Gasteiger partial charge on any atom is -0.423 e. The van der Waals surface area contributed by atoms with Gasteiger partial charge in [-0.15, -0.1) is 6.58 Å². The second-order valence-corrected chi connectivity index (χ2v) is 8.99. The molecule has 0 aliphatic heterocycles. The molecule has 4 atom stereocenters. The molecule has 0 bridgehead atoms. The molecule has 4 rings (SSSR count). The SMILES string of the molecule is C=CC1CCC2CC(c3c(F)cc(C(=O)Oc4ccc(C)c(F)c4)cc3F)CCC2C1. The fraction of sp³-hybridized carbons (Fsp3) is 0.423. The lowest BCUT2D eigenvalue weighted by Gasteiger charge is -2.41. The summed E-state index contributed by atoms with van der Waals surface area (Å²) in [7, 11) is 0. The molecule has 2 nitrogen and oxygen atoms in total. The normalized spacial score (nSPS) is 25.5. The number of esters is 1. The number of carbonyl (C=O) groups is 1. The number of allylic oxidation sites excluding steroid dienone is 1. The zero-order valence-corrected chi connectivity index (χ0v) is 17.7. The Kier molecular flexibility index (Phi) is 6.22. The first-order valence-electron chi connectivity index (χ1n) is 11.0. The first-order valence-corrected chi connectivity index (χ1v) is 11.0. The maximum absolute atomic E-state index is 14.9. The summed E-state index contributed by atoms with van der Waals surface area (Å²) in [6, 6.07) is 6.06. The van der Waals surface area contributed by atoms with E-state index in [9.17, 15) is 18.0 Å². The van der Waals surface area contributed by atoms with Gasteiger partial charge in [-0.05, 0) is 92.9 Å². The number of hydrogen-bond acceptors (Lipinski definition) is 2. The molecule has 0 N–H and O–H groups in total. The highest BCUT2D eigenvalue weighted by molar-refractivity contribution is 5.91. The maximum atomic E-state index is 14.9. The van der Waals surface area contributed by atoms with Gasteiger partial charge >= 0.3 is 5.97 Å². The molecule has 0 radical (unpaired) electrons. The smallest absolute Gasteiger partial charge is 0.343 e. The van der Waals surface area contributed by atoms with E-state index in [1.54, 1.807) is 6.92 Å². The number of carbonyl (C=O) groups excluding carboxylic acids is 1. The number of aryl methyl sites for hydroxylation is 1. The van der Waals surface area contributed by atoms with E-state index in [0.29, 0.717) is 23.3 Å². The molecule has 31 heavy (non-hydrogen) atoms. The van der Waals surface area contributed by atoms with E-state index in [4.69, 9.17) is 4.74 Å². The minimum absolute atomic E-state index is 0.00792. The fourth-order valence-corrected chi connectivity index (χ4v) is 5.30. The van der Waals surface area contributed by atoms with Crippen molar-refractivity contribution in [2.75, 3.05) is 0 Å². The van der Waals surface area contributed by atoms with Crippen molar-refractivity contribution in [1.29, 1.82) is 0 Å². The summed E-state index contributed by atoms with van der Waals surface area (Å²) in [4.78, 5) is 12.4. The molecule has 2 aromatic carbocycles. The molecule has 2 aliphatic carbocycles. The highest BCUT2D eigenvalue weighted by atomic mass is 19.1. The zero-order chi connectivity index (χ0) is 22.1. The average molecular weight is 428 g/mol. The van der Waals surface area contributed by atoms with E-state index in [-0.39, 0.29) is 22.8 Å². The van der Waals surface area contributed by atoms with E-state index >= 15 is 0 Å². The van der Waals surface area contributed by atoms with Crippen molar-refractivity contribution < 1.29 is 22.7 Å². The van der Waals surface area contributed by atoms with E-state index in [1.165, 1.54) is 12.1 Å². The van der Waals surface area contributed by atoms with E-state index in [2.05, 4.69) is 6.58 Å². The minimum atomic E-state index is -0.918. The van der Waals surface area contributed by atoms with Crippen molar-refractivity contribution >= 4 is 5.97 Å². The Balaban J connectivity index is 1.49. The van der Waals surface area contributed by atoms with E-state index in [0.717, 1.165) is 56.7 Å². The third-order valence-corrected chi connectivity index (χ3v) is 7.06. The highest BCUT2D eigenvalue weighted by Crippen LogP contribution is 2.48. The number of halogens is 3. The van der Waals surface area contributed by atoms with Crippen LogP contribution in [0.4, 0.5) is 13.2 Å². The Hall–Kier alpha value is -2.56. The van der Waals surface area contributed by atoms with Gasteiger partial charge in [0, 0.05) is 11.6 Å². The molecule has 2 aromatic rings. The van der Waals surface area contributed by atoms with Crippen molar-refractivity contribution in [3.8, 4) is 5.75 Å². The number of rotatable bonds is 4. The van der Waals surface area contributed by atoms with Crippen LogP contribution in [0.3, 0.4) is 0 Å². The summed E-state index contributed by atoms with van der Waals surface area (Å²) in [5, 5.41) is 0. The Labute approximate surface area is 181 Å². The van der Waals surface area contributed by atoms with Crippen molar-refractivity contribution in [2.24, 2.45) is 17.8 Å². The van der Waals surface area contributed by atoms with Crippen LogP contribution in [-0.2, 0) is 0 Å². The van der Waals surface area contributed by atoms with Crippen LogP contribution in [0.1, 0.15) is 65.9 Å². The standard InChI is InChI=1S/C26H27F3O2/c1-3-16-5-6-18-11-19(8-7-17(18)10-16)25-23(28)12-20(13-24(25)29)26(30)31-21-9-4-15(2)22(27)14-21/h3-4,9,12-14,16-19H,1,5-8,10-11H2,2H3. The number of benzene rings is 2. The summed E-state index contributed by atoms with van der Waals surface area (Å²) in [6.45, 7) is 5.50. The monoisotopic (exact) mass is 428 g/mol. The van der Waals surface area contributed by atoms with Gasteiger partial charge in [0.2, 0.25) is 0 Å². The van der Waals surface area contributed by atoms with Gasteiger partial charge in [0.1, 0.15) is 23.2 Å². The van der Waals surface area contributed by atoms with Gasteiger partial charge in [-0.3, -0.25) is 0 Å². The first kappa shape index (κ1) is 21.7. The number of ether oxygens (including phenoxy) is 1. The summed E-state index contributed by atoms with van der Waals surface area (Å²) >= 11 is 0. The van der Waals surface area contributed by atoms with Crippen molar-refractivity contribution in [1.82, 2.24) is 0 Å². The second-order valence-electron chi connectivity index (χ2n) is 8.99. The van der Waals surface area contributed by atoms with Gasteiger partial charge in [0.05, 0.1) is 5.56 Å². The zero-order valence-electron chi connectivity index (χ0n) is 17.7. The summed E-state index contributed by atoms with van der Waals surface area (Å²) in [6.07, 6.45) is 7.79. The predicted octanol–water partition coefficient (Wildman–Crippen LogP) is 7.12. The predicted molar refractivity (Wildman–Crippen MR) is 114 cm³/mol. The van der Waals surface area contributed by atoms with Crippen molar-refractivity contribution in [2.45, 2.75) is 51.4 Å². The van der Waals surface area contributed by atoms with Crippen LogP contribution in [0.25, 0.3) is 0 Å². The lowest BCUT2D eigenvalue weighted by Crippen LogP contribution is -2.30. The van der Waals surface area contributed by atoms with Crippen LogP contribution >= 0.6 is 0 Å². The molecule has 0 amide bonds. The largest absolute Gasteiger partial charge is 0.423 e. The lowest BCUT2D eigenvalue weighted by atomic mass is 9.64. The quantitative estimate of drug-likeness (QED) is 0.294. The van der Waals surface area contributed by atoms with Crippen LogP contribution < -0.4 is 4.74 Å². The average Bonchev–Trinajstić information content (AvgIpc) is 2.75. The van der Waals surface area contributed by atoms with E-state index in [1.807, 2.05) is 6.08 Å². The molecule has 5 heteroatoms. The van der Waals surface area contributed by atoms with Gasteiger partial charge in [0.15, 0.2) is 0 Å². The third-order valence-electron chi connectivity index (χ3n) is 7.06. The van der Waals surface area contributed by atoms with Crippen LogP contribution in [-0.4, -0.2) is 5.97 Å². The Morgan fingerprint density at radius 3 is 2.32 bits per heavy atom. The Morgan fingerprint density at radius 2 is 1.65 bits per heavy atom. The molecular formula is C26H27F3O2. The van der Waals surface area contributed by atoms with Gasteiger partial charge in [-0.25, -0.2) is 18.0 Å². The second kappa shape index (κ2) is 8.89. The van der Waals surface area contributed by atoms with Gasteiger partial charge in [-0.1, -0.05) is 12.1 Å². The summed E-state index contributed by atoms with van der Waals surface area (Å²) in [5.74, 6) is -1.42. The van der Waals surface area contributed by atoms with Crippen LogP contribution in [0.2, 0.25) is 0 Å². The Morgan fingerprint density at radius 1 is 0.968 bits per heavy atom. The first-order chi connectivity index (χ1) is 14.9. The fourth-order valence-electron chi connectivity index (χ4n) is 5.30. The molecule has 164 valence electrons. The number of fused-ring (bicyclic) bond motifs is 1. The summed E-state index contributed by atoms with van der Waals surface area (Å²) < 4.78 is 48.6. The molecular weight excluding hydrogens is 401 g/mol. The van der Waals surface area contributed by atoms with E-state index < -0.39 is 23.4 Å². The van der Waals surface area contributed by atoms with Gasteiger partial charge < -0.3 is 4.74 Å². The molecule has 0 aromatic heterocycles. The van der Waals surface area contributed by atoms with Crippen LogP contribution in [0, 0.1) is 42.1 Å². The molecule has 0 heterocycles. The van der Waals surface area contributed by atoms with Crippen molar-refractivity contribution in [3.05, 3.63) is 77.1 Å². The van der Waals surface area contributed by atoms with Crippen molar-refractivity contribution in [3.63, 3.8) is 0 Å². The molecule has 2 saturated carbocycles. The van der Waals surface area contributed by atoms with Crippen LogP contribution in [0.15, 0.2) is 43.0 Å². The van der Waals surface area contributed by atoms with Crippen LogP contribution in [0.5, 0.6) is 5.75 Å². The van der Waals surface area contributed by atoms with Gasteiger partial charge in [0.25, 0.3) is 0 Å².